The highest BCUT2D eigenvalue weighted by Crippen LogP contribution is 2.38. The average molecular weight is 567 g/mol. The fourth-order valence-corrected chi connectivity index (χ4v) is 6.24. The van der Waals surface area contributed by atoms with Gasteiger partial charge in [0.15, 0.2) is 0 Å². The Labute approximate surface area is 218 Å². The number of carbonyl (C=O) groups is 1. The summed E-state index contributed by atoms with van der Waals surface area (Å²) in [5.41, 5.74) is -1.58. The molecule has 2 atom stereocenters. The molecule has 2 aromatic rings. The van der Waals surface area contributed by atoms with Gasteiger partial charge in [0.25, 0.3) is 10.0 Å². The number of aliphatic hydroxyl groups is 1. The van der Waals surface area contributed by atoms with Gasteiger partial charge >= 0.3 is 6.18 Å². The minimum atomic E-state index is -4.76. The van der Waals surface area contributed by atoms with Crippen LogP contribution in [0.2, 0.25) is 10.0 Å². The van der Waals surface area contributed by atoms with Crippen LogP contribution in [0.1, 0.15) is 37.7 Å². The summed E-state index contributed by atoms with van der Waals surface area (Å²) >= 11 is 12.1. The van der Waals surface area contributed by atoms with Crippen LogP contribution < -0.4 is 4.31 Å². The lowest BCUT2D eigenvalue weighted by molar-refractivity contribution is -0.137. The molecule has 0 aliphatic heterocycles. The number of carbonyl (C=O) groups excluding carboxylic acids is 1. The van der Waals surface area contributed by atoms with Crippen LogP contribution in [0.3, 0.4) is 0 Å². The number of alkyl halides is 3. The van der Waals surface area contributed by atoms with Crippen molar-refractivity contribution in [3.63, 3.8) is 0 Å². The maximum atomic E-state index is 13.6. The largest absolute Gasteiger partial charge is 0.416 e. The van der Waals surface area contributed by atoms with Crippen LogP contribution in [-0.4, -0.2) is 50.6 Å². The lowest BCUT2D eigenvalue weighted by Gasteiger charge is -2.34. The van der Waals surface area contributed by atoms with E-state index in [2.05, 4.69) is 0 Å². The summed E-state index contributed by atoms with van der Waals surface area (Å²) < 4.78 is 68.2. The lowest BCUT2D eigenvalue weighted by Crippen LogP contribution is -2.48. The monoisotopic (exact) mass is 566 g/mol. The van der Waals surface area contributed by atoms with Crippen LogP contribution in [0.15, 0.2) is 47.4 Å². The number of sulfonamides is 1. The molecule has 12 heteroatoms. The summed E-state index contributed by atoms with van der Waals surface area (Å²) in [5.74, 6) is -0.814. The molecule has 36 heavy (non-hydrogen) atoms. The molecule has 0 heterocycles. The van der Waals surface area contributed by atoms with E-state index in [1.165, 1.54) is 36.2 Å². The van der Waals surface area contributed by atoms with Gasteiger partial charge in [0.05, 0.1) is 21.2 Å². The van der Waals surface area contributed by atoms with Crippen LogP contribution in [0.5, 0.6) is 0 Å². The Morgan fingerprint density at radius 2 is 1.69 bits per heavy atom. The van der Waals surface area contributed by atoms with Crippen LogP contribution in [-0.2, 0) is 21.0 Å². The second-order valence-electron chi connectivity index (χ2n) is 8.78. The van der Waals surface area contributed by atoms with E-state index in [1.807, 2.05) is 0 Å². The zero-order valence-electron chi connectivity index (χ0n) is 19.5. The van der Waals surface area contributed by atoms with Gasteiger partial charge in [0, 0.05) is 30.6 Å². The molecule has 1 aliphatic carbocycles. The van der Waals surface area contributed by atoms with Gasteiger partial charge < -0.3 is 10.0 Å². The molecule has 1 N–H and O–H groups in total. The number of hydrogen-bond donors (Lipinski definition) is 1. The maximum Gasteiger partial charge on any atom is 0.416 e. The van der Waals surface area contributed by atoms with E-state index >= 15 is 0 Å². The van der Waals surface area contributed by atoms with Crippen molar-refractivity contribution in [1.82, 2.24) is 4.90 Å². The molecule has 198 valence electrons. The van der Waals surface area contributed by atoms with Crippen molar-refractivity contribution >= 4 is 44.8 Å². The number of amides is 1. The molecular formula is C24H27Cl2F3N2O4S. The minimum Gasteiger partial charge on any atom is -0.396 e. The van der Waals surface area contributed by atoms with E-state index in [0.717, 1.165) is 31.4 Å². The number of hydrogen-bond acceptors (Lipinski definition) is 4. The SMILES string of the molecule is CN(C(=O)CN(c1cc(C(F)(F)F)ccc1Cl)S(=O)(=O)c1ccc(Cl)cc1)C1CCCCCC1CO. The fourth-order valence-electron chi connectivity index (χ4n) is 4.42. The minimum absolute atomic E-state index is 0.130. The van der Waals surface area contributed by atoms with Crippen molar-refractivity contribution in [3.8, 4) is 0 Å². The molecular weight excluding hydrogens is 540 g/mol. The second kappa shape index (κ2) is 11.6. The number of rotatable bonds is 7. The Hall–Kier alpha value is -2.01. The van der Waals surface area contributed by atoms with E-state index in [9.17, 15) is 31.5 Å². The zero-order valence-corrected chi connectivity index (χ0v) is 21.8. The molecule has 1 amide bonds. The molecule has 0 radical (unpaired) electrons. The number of benzene rings is 2. The average Bonchev–Trinajstić information content (AvgIpc) is 3.07. The summed E-state index contributed by atoms with van der Waals surface area (Å²) in [6.07, 6.45) is -0.727. The number of aliphatic hydroxyl groups excluding tert-OH is 1. The number of nitrogens with zero attached hydrogens (tertiary/aromatic N) is 2. The normalized spacial score (nSPS) is 19.0. The fraction of sp³-hybridized carbons (Fsp3) is 0.458. The molecule has 3 rings (SSSR count). The number of halogens is 5. The molecule has 1 aliphatic rings. The highest BCUT2D eigenvalue weighted by molar-refractivity contribution is 7.92. The molecule has 1 fully saturated rings. The highest BCUT2D eigenvalue weighted by atomic mass is 35.5. The smallest absolute Gasteiger partial charge is 0.396 e. The van der Waals surface area contributed by atoms with Gasteiger partial charge in [-0.25, -0.2) is 8.42 Å². The Morgan fingerprint density at radius 3 is 2.31 bits per heavy atom. The molecule has 0 spiro atoms. The third-order valence-corrected chi connectivity index (χ3v) is 8.81. The summed E-state index contributed by atoms with van der Waals surface area (Å²) in [7, 11) is -3.00. The van der Waals surface area contributed by atoms with Gasteiger partial charge in [-0.1, -0.05) is 42.5 Å². The van der Waals surface area contributed by atoms with Gasteiger partial charge in [0.1, 0.15) is 6.54 Å². The molecule has 0 bridgehead atoms. The van der Waals surface area contributed by atoms with Gasteiger partial charge in [-0.3, -0.25) is 9.10 Å². The number of likely N-dealkylation sites (N-methyl/N-ethyl adjacent to an activating group) is 1. The lowest BCUT2D eigenvalue weighted by atomic mass is 9.94. The molecule has 2 aromatic carbocycles. The van der Waals surface area contributed by atoms with Gasteiger partial charge in [-0.05, 0) is 55.3 Å². The van der Waals surface area contributed by atoms with Crippen molar-refractivity contribution in [2.24, 2.45) is 5.92 Å². The van der Waals surface area contributed by atoms with Crippen LogP contribution in [0, 0.1) is 5.92 Å². The first-order valence-electron chi connectivity index (χ1n) is 11.4. The summed E-state index contributed by atoms with van der Waals surface area (Å²) in [6.45, 7) is -0.911. The molecule has 0 saturated heterocycles. The molecule has 6 nitrogen and oxygen atoms in total. The van der Waals surface area contributed by atoms with Crippen molar-refractivity contribution < 1.29 is 31.5 Å². The Balaban J connectivity index is 2.05. The first kappa shape index (κ1) is 28.6. The van der Waals surface area contributed by atoms with Crippen molar-refractivity contribution in [1.29, 1.82) is 0 Å². The van der Waals surface area contributed by atoms with E-state index in [0.29, 0.717) is 23.2 Å². The molecule has 2 unspecified atom stereocenters. The second-order valence-corrected chi connectivity index (χ2v) is 11.5. The zero-order chi connectivity index (χ0) is 26.7. The van der Waals surface area contributed by atoms with E-state index < -0.39 is 39.9 Å². The van der Waals surface area contributed by atoms with Crippen LogP contribution >= 0.6 is 23.2 Å². The van der Waals surface area contributed by atoms with Gasteiger partial charge in [-0.2, -0.15) is 13.2 Å². The van der Waals surface area contributed by atoms with E-state index in [4.69, 9.17) is 23.2 Å². The standard InChI is InChI=1S/C24H27Cl2F3N2O4S/c1-30(21-6-4-2-3-5-16(21)15-32)23(33)14-31(36(34,35)19-10-8-18(25)9-11-19)22-13-17(24(27,28)29)7-12-20(22)26/h7-13,16,21,32H,2-6,14-15H2,1H3. The first-order chi connectivity index (χ1) is 16.9. The maximum absolute atomic E-state index is 13.6. The Morgan fingerprint density at radius 1 is 1.06 bits per heavy atom. The molecule has 0 aromatic heterocycles. The Kier molecular flexibility index (Phi) is 9.19. The quantitative estimate of drug-likeness (QED) is 0.442. The van der Waals surface area contributed by atoms with Crippen LogP contribution in [0.4, 0.5) is 18.9 Å². The van der Waals surface area contributed by atoms with Gasteiger partial charge in [0.2, 0.25) is 5.91 Å². The van der Waals surface area contributed by atoms with Crippen molar-refractivity contribution in [2.75, 3.05) is 24.5 Å². The molecule has 1 saturated carbocycles. The van der Waals surface area contributed by atoms with Crippen LogP contribution in [0.25, 0.3) is 0 Å². The predicted molar refractivity (Wildman–Crippen MR) is 133 cm³/mol. The third-order valence-electron chi connectivity index (χ3n) is 6.47. The Bertz CT molecular complexity index is 1180. The summed E-state index contributed by atoms with van der Waals surface area (Å²) in [4.78, 5) is 14.5. The topological polar surface area (TPSA) is 77.9 Å². The van der Waals surface area contributed by atoms with Crippen molar-refractivity contribution in [2.45, 2.75) is 49.2 Å². The van der Waals surface area contributed by atoms with E-state index in [-0.39, 0.29) is 33.5 Å². The van der Waals surface area contributed by atoms with Gasteiger partial charge in [-0.15, -0.1) is 0 Å². The third kappa shape index (κ3) is 6.45. The highest BCUT2D eigenvalue weighted by Gasteiger charge is 2.36. The van der Waals surface area contributed by atoms with E-state index in [1.54, 1.807) is 0 Å². The number of anilines is 1. The predicted octanol–water partition coefficient (Wildman–Crippen LogP) is 5.61. The summed E-state index contributed by atoms with van der Waals surface area (Å²) in [6, 6.07) is 7.03. The summed E-state index contributed by atoms with van der Waals surface area (Å²) in [5, 5.41) is 9.84. The first-order valence-corrected chi connectivity index (χ1v) is 13.6. The van der Waals surface area contributed by atoms with Crippen molar-refractivity contribution in [3.05, 3.63) is 58.1 Å².